The summed E-state index contributed by atoms with van der Waals surface area (Å²) in [5, 5.41) is 23.2. The van der Waals surface area contributed by atoms with Crippen LogP contribution in [0.5, 0.6) is 5.75 Å². The van der Waals surface area contributed by atoms with Gasteiger partial charge in [0.1, 0.15) is 5.75 Å². The molecule has 0 spiro atoms. The van der Waals surface area contributed by atoms with Crippen molar-refractivity contribution in [2.45, 2.75) is 57.2 Å². The lowest BCUT2D eigenvalue weighted by Crippen LogP contribution is -2.25. The van der Waals surface area contributed by atoms with Gasteiger partial charge in [0, 0.05) is 25.3 Å². The van der Waals surface area contributed by atoms with Crippen LogP contribution in [0, 0.1) is 11.8 Å². The topological polar surface area (TPSA) is 78.8 Å². The first kappa shape index (κ1) is 25.0. The maximum atomic E-state index is 14.2. The van der Waals surface area contributed by atoms with Gasteiger partial charge in [-0.3, -0.25) is 4.79 Å². The van der Waals surface area contributed by atoms with Crippen LogP contribution >= 0.6 is 0 Å². The fourth-order valence-corrected chi connectivity index (χ4v) is 3.74. The fraction of sp³-hybridized carbons (Fsp3) is 0.542. The summed E-state index contributed by atoms with van der Waals surface area (Å²) >= 11 is 0. The average Bonchev–Trinajstić information content (AvgIpc) is 3.01. The molecule has 31 heavy (non-hydrogen) atoms. The minimum Gasteiger partial charge on any atom is -0.487 e. The van der Waals surface area contributed by atoms with Gasteiger partial charge in [0.2, 0.25) is 5.91 Å². The minimum atomic E-state index is -3.19. The van der Waals surface area contributed by atoms with Crippen LogP contribution in [0.15, 0.2) is 54.6 Å². The molecule has 1 aromatic carbocycles. The number of aliphatic hydroxyl groups is 2. The van der Waals surface area contributed by atoms with Crippen molar-refractivity contribution in [1.29, 1.82) is 0 Å². The maximum Gasteiger partial charge on any atom is 0.299 e. The van der Waals surface area contributed by atoms with E-state index in [1.54, 1.807) is 30.3 Å². The highest BCUT2D eigenvalue weighted by Gasteiger charge is 2.40. The Morgan fingerprint density at radius 3 is 2.68 bits per heavy atom. The minimum absolute atomic E-state index is 0.0209. The van der Waals surface area contributed by atoms with Gasteiger partial charge in [-0.15, -0.1) is 0 Å². The van der Waals surface area contributed by atoms with Gasteiger partial charge in [0.25, 0.3) is 5.92 Å². The van der Waals surface area contributed by atoms with Crippen molar-refractivity contribution >= 4 is 5.91 Å². The number of allylic oxidation sites excluding steroid dienone is 2. The summed E-state index contributed by atoms with van der Waals surface area (Å²) in [5.41, 5.74) is 0. The van der Waals surface area contributed by atoms with Gasteiger partial charge in [-0.2, -0.15) is 8.78 Å². The Kier molecular flexibility index (Phi) is 10.1. The Labute approximate surface area is 182 Å². The zero-order valence-corrected chi connectivity index (χ0v) is 17.9. The number of nitrogens with one attached hydrogen (secondary N) is 1. The lowest BCUT2D eigenvalue weighted by Gasteiger charge is -2.20. The van der Waals surface area contributed by atoms with Crippen LogP contribution in [-0.4, -0.2) is 47.4 Å². The zero-order valence-electron chi connectivity index (χ0n) is 17.9. The van der Waals surface area contributed by atoms with E-state index >= 15 is 0 Å². The Balaban J connectivity index is 1.84. The molecule has 1 saturated carbocycles. The largest absolute Gasteiger partial charge is 0.487 e. The number of carbonyl (C=O) groups excluding carboxylic acids is 1. The molecule has 1 aliphatic rings. The van der Waals surface area contributed by atoms with E-state index in [9.17, 15) is 23.8 Å². The Hall–Kier alpha value is -2.25. The van der Waals surface area contributed by atoms with Gasteiger partial charge in [0.05, 0.1) is 12.2 Å². The van der Waals surface area contributed by atoms with Crippen LogP contribution in [0.4, 0.5) is 8.78 Å². The molecule has 0 saturated heterocycles. The summed E-state index contributed by atoms with van der Waals surface area (Å²) in [4.78, 5) is 11.4. The molecule has 1 aromatic rings. The second-order valence-corrected chi connectivity index (χ2v) is 7.89. The van der Waals surface area contributed by atoms with Crippen LogP contribution in [-0.2, 0) is 4.79 Å². The third kappa shape index (κ3) is 8.79. The third-order valence-electron chi connectivity index (χ3n) is 5.38. The number of para-hydroxylation sites is 1. The number of unbranched alkanes of at least 4 members (excludes halogenated alkanes) is 1. The summed E-state index contributed by atoms with van der Waals surface area (Å²) in [5.74, 6) is -3.70. The molecule has 5 nitrogen and oxygen atoms in total. The first-order chi connectivity index (χ1) is 14.8. The van der Waals surface area contributed by atoms with Crippen LogP contribution in [0.2, 0.25) is 0 Å². The van der Waals surface area contributed by atoms with E-state index in [1.807, 2.05) is 19.1 Å². The number of rotatable bonds is 12. The molecule has 3 N–H and O–H groups in total. The van der Waals surface area contributed by atoms with Crippen molar-refractivity contribution in [3.63, 3.8) is 0 Å². The summed E-state index contributed by atoms with van der Waals surface area (Å²) in [6, 6.07) is 8.40. The molecule has 7 heteroatoms. The highest BCUT2D eigenvalue weighted by atomic mass is 19.3. The van der Waals surface area contributed by atoms with E-state index in [1.165, 1.54) is 6.08 Å². The summed E-state index contributed by atoms with van der Waals surface area (Å²) in [6.07, 6.45) is 6.81. The van der Waals surface area contributed by atoms with Gasteiger partial charge in [-0.1, -0.05) is 36.4 Å². The highest BCUT2D eigenvalue weighted by Crippen LogP contribution is 2.37. The molecule has 0 bridgehead atoms. The average molecular weight is 438 g/mol. The van der Waals surface area contributed by atoms with Crippen molar-refractivity contribution in [2.75, 3.05) is 13.2 Å². The van der Waals surface area contributed by atoms with Crippen LogP contribution in [0.3, 0.4) is 0 Å². The predicted octanol–water partition coefficient (Wildman–Crippen LogP) is 3.87. The van der Waals surface area contributed by atoms with Gasteiger partial charge in [0.15, 0.2) is 6.61 Å². The SMILES string of the molecule is CCNC(=O)CCC/C=C\C[C@H]1C(O)CC(O)[C@@H]1/C=C/C(F)(F)COc1ccccc1. The molecule has 1 aliphatic carbocycles. The fourth-order valence-electron chi connectivity index (χ4n) is 3.74. The molecule has 0 aromatic heterocycles. The number of aliphatic hydroxyl groups excluding tert-OH is 2. The summed E-state index contributed by atoms with van der Waals surface area (Å²) in [7, 11) is 0. The molecule has 2 rings (SSSR count). The predicted molar refractivity (Wildman–Crippen MR) is 116 cm³/mol. The number of halogens is 2. The standard InChI is InChI=1S/C24H33F2NO4/c1-2-27-23(30)13-9-4-3-8-12-19-20(22(29)16-21(19)28)14-15-24(25,26)17-31-18-10-6-5-7-11-18/h3,5-8,10-11,14-15,19-22,28-29H,2,4,9,12-13,16-17H2,1H3,(H,27,30)/b8-3-,15-14+/t19-,20-,21?,22?/m1/s1. The molecule has 1 fully saturated rings. The molecule has 0 radical (unpaired) electrons. The quantitative estimate of drug-likeness (QED) is 0.343. The van der Waals surface area contributed by atoms with Crippen molar-refractivity contribution in [1.82, 2.24) is 5.32 Å². The highest BCUT2D eigenvalue weighted by molar-refractivity contribution is 5.75. The van der Waals surface area contributed by atoms with Gasteiger partial charge < -0.3 is 20.3 Å². The Morgan fingerprint density at radius 1 is 1.23 bits per heavy atom. The van der Waals surface area contributed by atoms with E-state index in [0.717, 1.165) is 18.9 Å². The van der Waals surface area contributed by atoms with E-state index in [-0.39, 0.29) is 18.2 Å². The second kappa shape index (κ2) is 12.6. The first-order valence-electron chi connectivity index (χ1n) is 10.8. The number of amides is 1. The molecule has 0 aliphatic heterocycles. The summed E-state index contributed by atoms with van der Waals surface area (Å²) < 4.78 is 33.6. The molecule has 2 unspecified atom stereocenters. The smallest absolute Gasteiger partial charge is 0.299 e. The molecule has 172 valence electrons. The number of benzene rings is 1. The molecule has 4 atom stereocenters. The van der Waals surface area contributed by atoms with E-state index < -0.39 is 30.7 Å². The van der Waals surface area contributed by atoms with Crippen molar-refractivity contribution in [3.8, 4) is 5.75 Å². The third-order valence-corrected chi connectivity index (χ3v) is 5.38. The number of hydrogen-bond donors (Lipinski definition) is 3. The number of alkyl halides is 2. The van der Waals surface area contributed by atoms with Crippen molar-refractivity contribution in [2.24, 2.45) is 11.8 Å². The Bertz CT molecular complexity index is 724. The zero-order chi connectivity index (χ0) is 22.7. The Morgan fingerprint density at radius 2 is 1.97 bits per heavy atom. The second-order valence-electron chi connectivity index (χ2n) is 7.89. The van der Waals surface area contributed by atoms with Gasteiger partial charge >= 0.3 is 0 Å². The van der Waals surface area contributed by atoms with Crippen LogP contribution in [0.25, 0.3) is 0 Å². The lowest BCUT2D eigenvalue weighted by molar-refractivity contribution is -0.121. The van der Waals surface area contributed by atoms with Crippen LogP contribution in [0.1, 0.15) is 39.0 Å². The number of carbonyl (C=O) groups is 1. The lowest BCUT2D eigenvalue weighted by atomic mass is 9.89. The molecular weight excluding hydrogens is 404 g/mol. The first-order valence-corrected chi connectivity index (χ1v) is 10.8. The van der Waals surface area contributed by atoms with E-state index in [4.69, 9.17) is 4.74 Å². The van der Waals surface area contributed by atoms with Gasteiger partial charge in [-0.25, -0.2) is 0 Å². The van der Waals surface area contributed by atoms with Crippen molar-refractivity contribution < 1.29 is 28.5 Å². The normalized spacial score (nSPS) is 24.2. The number of hydrogen-bond acceptors (Lipinski definition) is 4. The molecule has 1 amide bonds. The van der Waals surface area contributed by atoms with Crippen molar-refractivity contribution in [3.05, 3.63) is 54.6 Å². The monoisotopic (exact) mass is 437 g/mol. The van der Waals surface area contributed by atoms with E-state index in [0.29, 0.717) is 25.1 Å². The summed E-state index contributed by atoms with van der Waals surface area (Å²) in [6.45, 7) is 1.69. The van der Waals surface area contributed by atoms with Gasteiger partial charge in [-0.05, 0) is 50.3 Å². The molecular formula is C24H33F2NO4. The van der Waals surface area contributed by atoms with E-state index in [2.05, 4.69) is 5.32 Å². The number of ether oxygens (including phenoxy) is 1. The van der Waals surface area contributed by atoms with Crippen LogP contribution < -0.4 is 10.1 Å². The molecule has 0 heterocycles. The maximum absolute atomic E-state index is 14.2.